The molecule has 84 valence electrons. The van der Waals surface area contributed by atoms with Crippen LogP contribution in [0.2, 0.25) is 0 Å². The summed E-state index contributed by atoms with van der Waals surface area (Å²) in [7, 11) is 1.35. The Hall–Kier alpha value is -1.04. The van der Waals surface area contributed by atoms with Crippen molar-refractivity contribution < 1.29 is 9.53 Å². The lowest BCUT2D eigenvalue weighted by atomic mass is 9.71. The number of carbonyl (C=O) groups is 1. The maximum absolute atomic E-state index is 11.4. The predicted octanol–water partition coefficient (Wildman–Crippen LogP) is 2.37. The van der Waals surface area contributed by atoms with Gasteiger partial charge < -0.3 is 4.74 Å². The molecule has 1 aliphatic rings. The summed E-state index contributed by atoms with van der Waals surface area (Å²) >= 11 is 0. The Labute approximate surface area is 91.4 Å². The number of hydrogen-bond acceptors (Lipinski definition) is 3. The summed E-state index contributed by atoms with van der Waals surface area (Å²) in [6, 6.07) is 2.08. The minimum atomic E-state index is -0.565. The molecule has 0 aromatic heterocycles. The summed E-state index contributed by atoms with van der Waals surface area (Å²) in [5.41, 5.74) is 0. The van der Waals surface area contributed by atoms with Crippen molar-refractivity contribution in [2.24, 2.45) is 23.7 Å². The Morgan fingerprint density at radius 3 is 2.53 bits per heavy atom. The molecular formula is C12H19NO2. The maximum Gasteiger partial charge on any atom is 0.323 e. The molecular weight excluding hydrogens is 190 g/mol. The van der Waals surface area contributed by atoms with Crippen molar-refractivity contribution >= 4 is 5.97 Å². The number of nitrogens with zero attached hydrogens (tertiary/aromatic N) is 1. The van der Waals surface area contributed by atoms with Gasteiger partial charge in [0.05, 0.1) is 13.2 Å². The topological polar surface area (TPSA) is 50.1 Å². The smallest absolute Gasteiger partial charge is 0.323 e. The van der Waals surface area contributed by atoms with Crippen LogP contribution in [0.4, 0.5) is 0 Å². The zero-order chi connectivity index (χ0) is 11.4. The number of methoxy groups -OCH3 is 1. The van der Waals surface area contributed by atoms with Crippen molar-refractivity contribution in [2.45, 2.75) is 33.1 Å². The summed E-state index contributed by atoms with van der Waals surface area (Å²) in [5.74, 6) is 0.561. The van der Waals surface area contributed by atoms with Crippen LogP contribution in [0.1, 0.15) is 33.1 Å². The molecule has 0 aromatic carbocycles. The second-order valence-electron chi connectivity index (χ2n) is 4.66. The molecule has 3 nitrogen and oxygen atoms in total. The van der Waals surface area contributed by atoms with Crippen molar-refractivity contribution in [3.05, 3.63) is 0 Å². The van der Waals surface area contributed by atoms with Gasteiger partial charge in [0.2, 0.25) is 0 Å². The molecule has 1 saturated carbocycles. The van der Waals surface area contributed by atoms with Crippen molar-refractivity contribution in [1.82, 2.24) is 0 Å². The van der Waals surface area contributed by atoms with E-state index in [1.165, 1.54) is 7.11 Å². The minimum Gasteiger partial charge on any atom is -0.468 e. The van der Waals surface area contributed by atoms with Gasteiger partial charge >= 0.3 is 5.97 Å². The van der Waals surface area contributed by atoms with E-state index in [-0.39, 0.29) is 11.9 Å². The number of nitriles is 1. The van der Waals surface area contributed by atoms with Crippen LogP contribution in [0.25, 0.3) is 0 Å². The Morgan fingerprint density at radius 1 is 1.40 bits per heavy atom. The average molecular weight is 209 g/mol. The molecule has 15 heavy (non-hydrogen) atoms. The Bertz CT molecular complexity index is 269. The molecule has 4 unspecified atom stereocenters. The first-order valence-corrected chi connectivity index (χ1v) is 5.57. The Morgan fingerprint density at radius 2 is 2.07 bits per heavy atom. The van der Waals surface area contributed by atoms with Crippen LogP contribution in [0, 0.1) is 35.0 Å². The fraction of sp³-hybridized carbons (Fsp3) is 0.833. The Balaban J connectivity index is 2.63. The molecule has 0 radical (unpaired) electrons. The first kappa shape index (κ1) is 12.0. The highest BCUT2D eigenvalue weighted by molar-refractivity contribution is 5.75. The van der Waals surface area contributed by atoms with Crippen molar-refractivity contribution in [3.63, 3.8) is 0 Å². The lowest BCUT2D eigenvalue weighted by Gasteiger charge is -2.33. The molecule has 4 atom stereocenters. The van der Waals surface area contributed by atoms with Crippen LogP contribution in [0.3, 0.4) is 0 Å². The monoisotopic (exact) mass is 209 g/mol. The van der Waals surface area contributed by atoms with Crippen LogP contribution in [0.15, 0.2) is 0 Å². The van der Waals surface area contributed by atoms with Crippen molar-refractivity contribution in [3.8, 4) is 6.07 Å². The average Bonchev–Trinajstić information content (AvgIpc) is 2.24. The van der Waals surface area contributed by atoms with Crippen LogP contribution < -0.4 is 0 Å². The quantitative estimate of drug-likeness (QED) is 0.656. The van der Waals surface area contributed by atoms with Gasteiger partial charge in [0.25, 0.3) is 0 Å². The van der Waals surface area contributed by atoms with E-state index in [1.807, 2.05) is 0 Å². The predicted molar refractivity (Wildman–Crippen MR) is 56.8 cm³/mol. The number of carbonyl (C=O) groups excluding carboxylic acids is 1. The summed E-state index contributed by atoms with van der Waals surface area (Å²) in [5, 5.41) is 8.98. The lowest BCUT2D eigenvalue weighted by Crippen LogP contribution is -2.30. The summed E-state index contributed by atoms with van der Waals surface area (Å²) in [6.07, 6.45) is 3.05. The maximum atomic E-state index is 11.4. The summed E-state index contributed by atoms with van der Waals surface area (Å²) < 4.78 is 4.66. The molecule has 0 saturated heterocycles. The molecule has 0 bridgehead atoms. The van der Waals surface area contributed by atoms with Crippen LogP contribution in [-0.2, 0) is 9.53 Å². The van der Waals surface area contributed by atoms with Crippen LogP contribution in [0.5, 0.6) is 0 Å². The van der Waals surface area contributed by atoms with E-state index in [2.05, 4.69) is 24.7 Å². The fourth-order valence-corrected chi connectivity index (χ4v) is 2.37. The second-order valence-corrected chi connectivity index (χ2v) is 4.66. The zero-order valence-corrected chi connectivity index (χ0v) is 9.69. The molecule has 0 aromatic rings. The van der Waals surface area contributed by atoms with Gasteiger partial charge in [-0.2, -0.15) is 5.26 Å². The highest BCUT2D eigenvalue weighted by Crippen LogP contribution is 2.37. The van der Waals surface area contributed by atoms with Gasteiger partial charge in [-0.1, -0.05) is 20.3 Å². The fourth-order valence-electron chi connectivity index (χ4n) is 2.37. The van der Waals surface area contributed by atoms with Gasteiger partial charge in [0, 0.05) is 0 Å². The van der Waals surface area contributed by atoms with E-state index in [0.717, 1.165) is 19.3 Å². The van der Waals surface area contributed by atoms with Gasteiger partial charge in [-0.3, -0.25) is 4.79 Å². The van der Waals surface area contributed by atoms with Crippen LogP contribution in [-0.4, -0.2) is 13.1 Å². The van der Waals surface area contributed by atoms with E-state index in [4.69, 9.17) is 5.26 Å². The first-order chi connectivity index (χ1) is 7.10. The third-order valence-electron chi connectivity index (χ3n) is 3.70. The first-order valence-electron chi connectivity index (χ1n) is 5.57. The highest BCUT2D eigenvalue weighted by atomic mass is 16.5. The molecule has 0 spiro atoms. The van der Waals surface area contributed by atoms with E-state index in [1.54, 1.807) is 0 Å². The lowest BCUT2D eigenvalue weighted by molar-refractivity contribution is -0.145. The summed E-state index contributed by atoms with van der Waals surface area (Å²) in [4.78, 5) is 11.4. The normalized spacial score (nSPS) is 32.8. The Kier molecular flexibility index (Phi) is 4.14. The number of hydrogen-bond donors (Lipinski definition) is 0. The van der Waals surface area contributed by atoms with E-state index >= 15 is 0 Å². The van der Waals surface area contributed by atoms with Gasteiger partial charge in [-0.05, 0) is 30.6 Å². The molecule has 0 N–H and O–H groups in total. The number of rotatable bonds is 2. The van der Waals surface area contributed by atoms with Gasteiger partial charge in [0.15, 0.2) is 0 Å². The van der Waals surface area contributed by atoms with Crippen molar-refractivity contribution in [2.75, 3.05) is 7.11 Å². The SMILES string of the molecule is COC(=O)C(C#N)C1CCC(C)C(C)C1. The van der Waals surface area contributed by atoms with E-state index < -0.39 is 5.92 Å². The molecule has 0 aliphatic heterocycles. The van der Waals surface area contributed by atoms with E-state index in [0.29, 0.717) is 11.8 Å². The molecule has 1 fully saturated rings. The highest BCUT2D eigenvalue weighted by Gasteiger charge is 2.34. The van der Waals surface area contributed by atoms with Gasteiger partial charge in [-0.15, -0.1) is 0 Å². The van der Waals surface area contributed by atoms with Gasteiger partial charge in [0.1, 0.15) is 5.92 Å². The largest absolute Gasteiger partial charge is 0.468 e. The molecule has 1 rings (SSSR count). The standard InChI is InChI=1S/C12H19NO2/c1-8-4-5-10(6-9(8)2)11(7-13)12(14)15-3/h8-11H,4-6H2,1-3H3. The number of esters is 1. The third kappa shape index (κ3) is 2.71. The molecule has 3 heteroatoms. The number of ether oxygens (including phenoxy) is 1. The van der Waals surface area contributed by atoms with Crippen LogP contribution >= 0.6 is 0 Å². The summed E-state index contributed by atoms with van der Waals surface area (Å²) in [6.45, 7) is 4.43. The molecule has 0 amide bonds. The zero-order valence-electron chi connectivity index (χ0n) is 9.69. The third-order valence-corrected chi connectivity index (χ3v) is 3.70. The second kappa shape index (κ2) is 5.16. The van der Waals surface area contributed by atoms with E-state index in [9.17, 15) is 4.79 Å². The van der Waals surface area contributed by atoms with Crippen molar-refractivity contribution in [1.29, 1.82) is 5.26 Å². The molecule has 1 aliphatic carbocycles. The molecule has 0 heterocycles. The minimum absolute atomic E-state index is 0.189. The van der Waals surface area contributed by atoms with Gasteiger partial charge in [-0.25, -0.2) is 0 Å².